The first-order chi connectivity index (χ1) is 9.34. The molecule has 4 heteroatoms. The minimum Gasteiger partial charge on any atom is -0.426 e. The number of hydrogen-bond acceptors (Lipinski definition) is 4. The average molecular weight is 276 g/mol. The van der Waals surface area contributed by atoms with Gasteiger partial charge >= 0.3 is 5.97 Å². The van der Waals surface area contributed by atoms with Gasteiger partial charge in [-0.1, -0.05) is 19.9 Å². The van der Waals surface area contributed by atoms with Crippen LogP contribution in [-0.2, 0) is 19.1 Å². The van der Waals surface area contributed by atoms with Crippen molar-refractivity contribution in [2.75, 3.05) is 7.11 Å². The van der Waals surface area contributed by atoms with Crippen LogP contribution in [-0.4, -0.2) is 24.6 Å². The predicted molar refractivity (Wildman–Crippen MR) is 72.7 cm³/mol. The summed E-state index contributed by atoms with van der Waals surface area (Å²) in [5.41, 5.74) is 1.39. The van der Waals surface area contributed by atoms with Gasteiger partial charge in [-0.05, 0) is 30.8 Å². The Morgan fingerprint density at radius 3 is 2.75 bits per heavy atom. The molecule has 1 saturated carbocycles. The van der Waals surface area contributed by atoms with E-state index in [-0.39, 0.29) is 29.0 Å². The molecule has 108 valence electrons. The van der Waals surface area contributed by atoms with Gasteiger partial charge in [-0.15, -0.1) is 0 Å². The summed E-state index contributed by atoms with van der Waals surface area (Å²) in [7, 11) is 1.58. The Hall–Kier alpha value is -1.42. The molecule has 4 atom stereocenters. The predicted octanol–water partition coefficient (Wildman–Crippen LogP) is 2.39. The normalized spacial score (nSPS) is 43.4. The van der Waals surface area contributed by atoms with E-state index in [1.807, 2.05) is 13.0 Å². The SMILES string of the molecule is CO[C@@]12C[C@@H]3C=CC(=O)[C@H](C)[C@@]3(C)CC1=C(C)C(=O)O2. The first-order valence-corrected chi connectivity index (χ1v) is 7.05. The second kappa shape index (κ2) is 4.04. The smallest absolute Gasteiger partial charge is 0.336 e. The van der Waals surface area contributed by atoms with E-state index in [2.05, 4.69) is 6.92 Å². The number of allylic oxidation sites excluding steroid dienone is 2. The van der Waals surface area contributed by atoms with Gasteiger partial charge in [0.15, 0.2) is 5.78 Å². The van der Waals surface area contributed by atoms with Crippen molar-refractivity contribution in [3.63, 3.8) is 0 Å². The second-order valence-corrected chi connectivity index (χ2v) is 6.43. The summed E-state index contributed by atoms with van der Waals surface area (Å²) >= 11 is 0. The number of rotatable bonds is 1. The fourth-order valence-corrected chi connectivity index (χ4v) is 3.85. The fraction of sp³-hybridized carbons (Fsp3) is 0.625. The van der Waals surface area contributed by atoms with E-state index < -0.39 is 5.79 Å². The lowest BCUT2D eigenvalue weighted by Crippen LogP contribution is -2.51. The standard InChI is InChI=1S/C16H20O4/c1-9-12-8-15(3)10(2)13(17)6-5-11(15)7-16(12,19-4)20-14(9)18/h5-6,10-11H,7-8H2,1-4H3/t10-,11-,15+,16+/m0/s1. The van der Waals surface area contributed by atoms with Crippen molar-refractivity contribution in [2.45, 2.75) is 39.4 Å². The van der Waals surface area contributed by atoms with E-state index in [1.54, 1.807) is 20.1 Å². The molecule has 4 nitrogen and oxygen atoms in total. The lowest BCUT2D eigenvalue weighted by molar-refractivity contribution is -0.211. The summed E-state index contributed by atoms with van der Waals surface area (Å²) < 4.78 is 11.1. The maximum atomic E-state index is 12.0. The van der Waals surface area contributed by atoms with Gasteiger partial charge in [0.25, 0.3) is 0 Å². The molecule has 2 aliphatic carbocycles. The van der Waals surface area contributed by atoms with Crippen LogP contribution in [0.2, 0.25) is 0 Å². The molecule has 3 rings (SSSR count). The largest absolute Gasteiger partial charge is 0.426 e. The van der Waals surface area contributed by atoms with Gasteiger partial charge in [0.1, 0.15) is 0 Å². The molecule has 0 amide bonds. The Bertz CT molecular complexity index is 559. The zero-order valence-corrected chi connectivity index (χ0v) is 12.4. The molecule has 0 saturated heterocycles. The molecule has 1 fully saturated rings. The molecule has 1 heterocycles. The molecule has 1 aliphatic heterocycles. The van der Waals surface area contributed by atoms with Gasteiger partial charge in [0, 0.05) is 30.6 Å². The Morgan fingerprint density at radius 1 is 1.40 bits per heavy atom. The summed E-state index contributed by atoms with van der Waals surface area (Å²) in [6.07, 6.45) is 4.88. The van der Waals surface area contributed by atoms with Crippen molar-refractivity contribution >= 4 is 11.8 Å². The zero-order chi connectivity index (χ0) is 14.7. The number of ether oxygens (including phenoxy) is 2. The van der Waals surface area contributed by atoms with E-state index in [4.69, 9.17) is 9.47 Å². The van der Waals surface area contributed by atoms with Gasteiger partial charge in [0.2, 0.25) is 5.79 Å². The first kappa shape index (κ1) is 13.6. The number of methoxy groups -OCH3 is 1. The summed E-state index contributed by atoms with van der Waals surface area (Å²) in [5.74, 6) is -0.930. The maximum Gasteiger partial charge on any atom is 0.336 e. The maximum absolute atomic E-state index is 12.0. The second-order valence-electron chi connectivity index (χ2n) is 6.43. The first-order valence-electron chi connectivity index (χ1n) is 7.05. The Labute approximate surface area is 118 Å². The van der Waals surface area contributed by atoms with Gasteiger partial charge < -0.3 is 9.47 Å². The average Bonchev–Trinajstić information content (AvgIpc) is 2.66. The highest BCUT2D eigenvalue weighted by molar-refractivity contribution is 5.94. The number of carbonyl (C=O) groups excluding carboxylic acids is 2. The van der Waals surface area contributed by atoms with Crippen molar-refractivity contribution in [3.05, 3.63) is 23.3 Å². The molecule has 0 spiro atoms. The minimum absolute atomic E-state index is 0.0524. The van der Waals surface area contributed by atoms with Crippen molar-refractivity contribution in [1.82, 2.24) is 0 Å². The number of fused-ring (bicyclic) bond motifs is 2. The van der Waals surface area contributed by atoms with Crippen molar-refractivity contribution in [1.29, 1.82) is 0 Å². The Morgan fingerprint density at radius 2 is 2.10 bits per heavy atom. The molecule has 0 N–H and O–H groups in total. The molecule has 0 radical (unpaired) electrons. The molecule has 0 aromatic heterocycles. The number of carbonyl (C=O) groups is 2. The summed E-state index contributed by atoms with van der Waals surface area (Å²) in [6.45, 7) is 5.89. The third kappa shape index (κ3) is 1.51. The van der Waals surface area contributed by atoms with Gasteiger partial charge in [-0.25, -0.2) is 4.79 Å². The van der Waals surface area contributed by atoms with Crippen LogP contribution in [0.3, 0.4) is 0 Å². The molecule has 0 unspecified atom stereocenters. The van der Waals surface area contributed by atoms with Crippen LogP contribution in [0.25, 0.3) is 0 Å². The summed E-state index contributed by atoms with van der Waals surface area (Å²) in [5, 5.41) is 0. The van der Waals surface area contributed by atoms with Crippen molar-refractivity contribution in [2.24, 2.45) is 17.3 Å². The van der Waals surface area contributed by atoms with E-state index in [0.717, 1.165) is 5.57 Å². The van der Waals surface area contributed by atoms with E-state index >= 15 is 0 Å². The van der Waals surface area contributed by atoms with Crippen molar-refractivity contribution in [3.8, 4) is 0 Å². The highest BCUT2D eigenvalue weighted by Gasteiger charge is 2.58. The molecule has 3 aliphatic rings. The van der Waals surface area contributed by atoms with Crippen LogP contribution >= 0.6 is 0 Å². The molecular weight excluding hydrogens is 256 g/mol. The highest BCUT2D eigenvalue weighted by Crippen LogP contribution is 2.57. The van der Waals surface area contributed by atoms with Crippen LogP contribution in [0.4, 0.5) is 0 Å². The Kier molecular flexibility index (Phi) is 2.74. The lowest BCUT2D eigenvalue weighted by atomic mass is 9.55. The van der Waals surface area contributed by atoms with Crippen molar-refractivity contribution < 1.29 is 19.1 Å². The molecule has 0 aromatic rings. The lowest BCUT2D eigenvalue weighted by Gasteiger charge is -2.51. The third-order valence-corrected chi connectivity index (χ3v) is 5.61. The minimum atomic E-state index is -0.921. The summed E-state index contributed by atoms with van der Waals surface area (Å²) in [4.78, 5) is 23.9. The number of esters is 1. The Balaban J connectivity index is 2.10. The summed E-state index contributed by atoms with van der Waals surface area (Å²) in [6, 6.07) is 0. The third-order valence-electron chi connectivity index (χ3n) is 5.61. The monoisotopic (exact) mass is 276 g/mol. The van der Waals surface area contributed by atoms with E-state index in [1.165, 1.54) is 0 Å². The molecule has 20 heavy (non-hydrogen) atoms. The number of ketones is 1. The van der Waals surface area contributed by atoms with Crippen LogP contribution in [0.1, 0.15) is 33.6 Å². The van der Waals surface area contributed by atoms with E-state index in [9.17, 15) is 9.59 Å². The topological polar surface area (TPSA) is 52.6 Å². The quantitative estimate of drug-likeness (QED) is 0.690. The van der Waals surface area contributed by atoms with Gasteiger partial charge in [-0.2, -0.15) is 0 Å². The fourth-order valence-electron chi connectivity index (χ4n) is 3.85. The molecule has 0 aromatic carbocycles. The van der Waals surface area contributed by atoms with Crippen LogP contribution in [0.15, 0.2) is 23.3 Å². The molecular formula is C16H20O4. The van der Waals surface area contributed by atoms with Gasteiger partial charge in [-0.3, -0.25) is 4.79 Å². The molecule has 0 bridgehead atoms. The van der Waals surface area contributed by atoms with Crippen LogP contribution < -0.4 is 0 Å². The van der Waals surface area contributed by atoms with Crippen LogP contribution in [0.5, 0.6) is 0 Å². The van der Waals surface area contributed by atoms with Gasteiger partial charge in [0.05, 0.1) is 0 Å². The highest BCUT2D eigenvalue weighted by atomic mass is 16.7. The zero-order valence-electron chi connectivity index (χ0n) is 12.4. The van der Waals surface area contributed by atoms with E-state index in [0.29, 0.717) is 18.4 Å². The number of hydrogen-bond donors (Lipinski definition) is 0. The van der Waals surface area contributed by atoms with Crippen LogP contribution in [0, 0.1) is 17.3 Å².